The van der Waals surface area contributed by atoms with Gasteiger partial charge in [-0.2, -0.15) is 0 Å². The minimum atomic E-state index is -0.512. The van der Waals surface area contributed by atoms with Crippen LogP contribution in [0.15, 0.2) is 29.8 Å². The fourth-order valence-corrected chi connectivity index (χ4v) is 5.23. The Morgan fingerprint density at radius 3 is 2.40 bits per heavy atom. The summed E-state index contributed by atoms with van der Waals surface area (Å²) in [4.78, 5) is 24.7. The second-order valence-corrected chi connectivity index (χ2v) is 8.05. The third kappa shape index (κ3) is 3.05. The van der Waals surface area contributed by atoms with E-state index in [0.717, 1.165) is 18.3 Å². The quantitative estimate of drug-likeness (QED) is 0.779. The monoisotopic (exact) mass is 338 g/mol. The van der Waals surface area contributed by atoms with Crippen LogP contribution in [0.2, 0.25) is 0 Å². The maximum absolute atomic E-state index is 12.4. The fourth-order valence-electron chi connectivity index (χ4n) is 5.23. The van der Waals surface area contributed by atoms with E-state index in [1.807, 2.05) is 0 Å². The van der Waals surface area contributed by atoms with Gasteiger partial charge in [0.1, 0.15) is 5.76 Å². The van der Waals surface area contributed by atoms with Crippen LogP contribution in [0.25, 0.3) is 5.76 Å². The molecule has 3 atom stereocenters. The normalized spacial score (nSPS) is 29.4. The van der Waals surface area contributed by atoms with Crippen LogP contribution >= 0.6 is 0 Å². The number of aliphatic hydroxyl groups excluding tert-OH is 1. The number of carbonyl (C=O) groups excluding carboxylic acids is 2. The van der Waals surface area contributed by atoms with Gasteiger partial charge in [0.15, 0.2) is 0 Å². The number of rotatable bonds is 3. The summed E-state index contributed by atoms with van der Waals surface area (Å²) in [6, 6.07) is 6.86. The van der Waals surface area contributed by atoms with E-state index in [0.29, 0.717) is 29.0 Å². The van der Waals surface area contributed by atoms with Gasteiger partial charge in [-0.3, -0.25) is 9.59 Å². The highest BCUT2D eigenvalue weighted by Gasteiger charge is 2.35. The van der Waals surface area contributed by atoms with Gasteiger partial charge in [-0.25, -0.2) is 0 Å². The number of Topliss-reactive ketones (excluding diaryl/α,β-unsaturated/α-hetero) is 2. The van der Waals surface area contributed by atoms with E-state index >= 15 is 0 Å². The molecular weight excluding hydrogens is 312 g/mol. The molecular formula is C22H26O3. The Bertz CT molecular complexity index is 731. The van der Waals surface area contributed by atoms with Crippen molar-refractivity contribution in [3.05, 3.63) is 41.0 Å². The molecule has 3 aliphatic rings. The Morgan fingerprint density at radius 2 is 1.60 bits per heavy atom. The lowest BCUT2D eigenvalue weighted by Gasteiger charge is -2.39. The Balaban J connectivity index is 1.47. The Kier molecular flexibility index (Phi) is 4.49. The zero-order chi connectivity index (χ0) is 17.4. The van der Waals surface area contributed by atoms with Crippen molar-refractivity contribution < 1.29 is 14.7 Å². The third-order valence-corrected chi connectivity index (χ3v) is 6.64. The Morgan fingerprint density at radius 1 is 0.880 bits per heavy atom. The Hall–Kier alpha value is -1.90. The zero-order valence-corrected chi connectivity index (χ0v) is 14.7. The lowest BCUT2D eigenvalue weighted by molar-refractivity contribution is -0.112. The zero-order valence-electron chi connectivity index (χ0n) is 14.7. The first-order valence-corrected chi connectivity index (χ1v) is 9.75. The molecule has 3 heteroatoms. The predicted molar refractivity (Wildman–Crippen MR) is 97.4 cm³/mol. The van der Waals surface area contributed by atoms with Crippen molar-refractivity contribution in [1.29, 1.82) is 0 Å². The summed E-state index contributed by atoms with van der Waals surface area (Å²) >= 11 is 0. The summed E-state index contributed by atoms with van der Waals surface area (Å²) in [6.07, 6.45) is 10.7. The lowest BCUT2D eigenvalue weighted by Crippen LogP contribution is -2.28. The summed E-state index contributed by atoms with van der Waals surface area (Å²) in [7, 11) is 0. The Labute approximate surface area is 149 Å². The maximum Gasteiger partial charge on any atom is 0.234 e. The standard InChI is InChI=1S/C22H26O3/c23-20-17-7-3-4-8-18(17)21(24)22(25)19(20)12-10-14-9-11-15-5-1-2-6-16(15)13-14/h3-4,7-8,14-16,23H,1-2,5-6,9-13H2/t14-,15+,16-/m1/s1. The average Bonchev–Trinajstić information content (AvgIpc) is 2.66. The van der Waals surface area contributed by atoms with Crippen LogP contribution < -0.4 is 0 Å². The molecule has 1 aromatic rings. The van der Waals surface area contributed by atoms with Crippen LogP contribution in [0.1, 0.15) is 73.7 Å². The molecule has 132 valence electrons. The molecule has 3 aliphatic carbocycles. The predicted octanol–water partition coefficient (Wildman–Crippen LogP) is 5.11. The molecule has 3 nitrogen and oxygen atoms in total. The van der Waals surface area contributed by atoms with Crippen molar-refractivity contribution in [2.45, 2.75) is 57.8 Å². The maximum atomic E-state index is 12.4. The minimum absolute atomic E-state index is 0.0200. The van der Waals surface area contributed by atoms with Gasteiger partial charge in [0.25, 0.3) is 0 Å². The average molecular weight is 338 g/mol. The van der Waals surface area contributed by atoms with Gasteiger partial charge in [-0.1, -0.05) is 56.4 Å². The van der Waals surface area contributed by atoms with Gasteiger partial charge in [0.05, 0.1) is 0 Å². The minimum Gasteiger partial charge on any atom is -0.507 e. The highest BCUT2D eigenvalue weighted by molar-refractivity contribution is 6.52. The molecule has 1 aromatic carbocycles. The first-order valence-electron chi connectivity index (χ1n) is 9.75. The number of hydrogen-bond donors (Lipinski definition) is 1. The summed E-state index contributed by atoms with van der Waals surface area (Å²) in [5, 5.41) is 10.5. The summed E-state index contributed by atoms with van der Waals surface area (Å²) in [6.45, 7) is 0. The highest BCUT2D eigenvalue weighted by Crippen LogP contribution is 2.44. The van der Waals surface area contributed by atoms with Crippen molar-refractivity contribution >= 4 is 17.3 Å². The molecule has 2 fully saturated rings. The number of carbonyl (C=O) groups is 2. The van der Waals surface area contributed by atoms with Crippen molar-refractivity contribution in [1.82, 2.24) is 0 Å². The van der Waals surface area contributed by atoms with E-state index in [4.69, 9.17) is 0 Å². The first-order chi connectivity index (χ1) is 12.1. The number of aliphatic hydroxyl groups is 1. The molecule has 1 N–H and O–H groups in total. The molecule has 0 unspecified atom stereocenters. The smallest absolute Gasteiger partial charge is 0.234 e. The van der Waals surface area contributed by atoms with Gasteiger partial charge in [-0.05, 0) is 43.4 Å². The van der Waals surface area contributed by atoms with Crippen LogP contribution in [0.5, 0.6) is 0 Å². The molecule has 0 aromatic heterocycles. The molecule has 0 heterocycles. The first kappa shape index (κ1) is 16.6. The highest BCUT2D eigenvalue weighted by atomic mass is 16.3. The van der Waals surface area contributed by atoms with Crippen LogP contribution in [0.4, 0.5) is 0 Å². The van der Waals surface area contributed by atoms with E-state index in [1.54, 1.807) is 24.3 Å². The second kappa shape index (κ2) is 6.78. The molecule has 0 radical (unpaired) electrons. The van der Waals surface area contributed by atoms with Crippen molar-refractivity contribution in [3.8, 4) is 0 Å². The van der Waals surface area contributed by atoms with Gasteiger partial charge in [0, 0.05) is 16.7 Å². The topological polar surface area (TPSA) is 54.4 Å². The second-order valence-electron chi connectivity index (χ2n) is 8.05. The van der Waals surface area contributed by atoms with E-state index in [2.05, 4.69) is 0 Å². The fraction of sp³-hybridized carbons (Fsp3) is 0.545. The SMILES string of the molecule is O=C1C(=O)c2ccccc2C(O)=C1CC[C@H]1CC[C@@H]2CCCC[C@@H]2C1. The summed E-state index contributed by atoms with van der Waals surface area (Å²) < 4.78 is 0. The lowest BCUT2D eigenvalue weighted by atomic mass is 9.66. The number of ketones is 2. The van der Waals surface area contributed by atoms with Crippen LogP contribution in [0.3, 0.4) is 0 Å². The molecule has 0 saturated heterocycles. The van der Waals surface area contributed by atoms with E-state index < -0.39 is 11.6 Å². The molecule has 2 saturated carbocycles. The molecule has 25 heavy (non-hydrogen) atoms. The number of hydrogen-bond acceptors (Lipinski definition) is 3. The van der Waals surface area contributed by atoms with E-state index in [-0.39, 0.29) is 5.76 Å². The van der Waals surface area contributed by atoms with Crippen LogP contribution in [-0.4, -0.2) is 16.7 Å². The van der Waals surface area contributed by atoms with Crippen molar-refractivity contribution in [2.24, 2.45) is 17.8 Å². The number of allylic oxidation sites excluding steroid dienone is 1. The van der Waals surface area contributed by atoms with Crippen LogP contribution in [-0.2, 0) is 4.79 Å². The van der Waals surface area contributed by atoms with Crippen molar-refractivity contribution in [3.63, 3.8) is 0 Å². The molecule has 4 rings (SSSR count). The molecule has 0 bridgehead atoms. The molecule has 0 spiro atoms. The summed E-state index contributed by atoms with van der Waals surface area (Å²) in [5.41, 5.74) is 1.17. The number of fused-ring (bicyclic) bond motifs is 2. The van der Waals surface area contributed by atoms with Gasteiger partial charge in [0.2, 0.25) is 11.6 Å². The van der Waals surface area contributed by atoms with E-state index in [9.17, 15) is 14.7 Å². The van der Waals surface area contributed by atoms with Crippen molar-refractivity contribution in [2.75, 3.05) is 0 Å². The van der Waals surface area contributed by atoms with Gasteiger partial charge >= 0.3 is 0 Å². The third-order valence-electron chi connectivity index (χ3n) is 6.64. The van der Waals surface area contributed by atoms with Gasteiger partial charge < -0.3 is 5.11 Å². The van der Waals surface area contributed by atoms with Crippen LogP contribution in [0, 0.1) is 17.8 Å². The van der Waals surface area contributed by atoms with Gasteiger partial charge in [-0.15, -0.1) is 0 Å². The molecule has 0 aliphatic heterocycles. The largest absolute Gasteiger partial charge is 0.507 e. The molecule has 0 amide bonds. The van der Waals surface area contributed by atoms with E-state index in [1.165, 1.54) is 44.9 Å². The summed E-state index contributed by atoms with van der Waals surface area (Å²) in [5.74, 6) is 1.44. The number of benzene rings is 1.